The third-order valence-electron chi connectivity index (χ3n) is 4.15. The molecule has 0 radical (unpaired) electrons. The van der Waals surface area contributed by atoms with Crippen LogP contribution in [0.2, 0.25) is 0 Å². The molecule has 2 saturated heterocycles. The first-order valence-electron chi connectivity index (χ1n) is 7.29. The molecule has 2 aliphatic rings. The van der Waals surface area contributed by atoms with E-state index in [-0.39, 0.29) is 0 Å². The lowest BCUT2D eigenvalue weighted by Gasteiger charge is -2.40. The smallest absolute Gasteiger partial charge is 0.0625 e. The highest BCUT2D eigenvalue weighted by Gasteiger charge is 2.37. The van der Waals surface area contributed by atoms with Crippen molar-refractivity contribution in [2.45, 2.75) is 44.9 Å². The molecule has 4 nitrogen and oxygen atoms in total. The monoisotopic (exact) mass is 256 g/mol. The molecule has 2 heterocycles. The summed E-state index contributed by atoms with van der Waals surface area (Å²) in [6.07, 6.45) is 2.98. The van der Waals surface area contributed by atoms with Gasteiger partial charge in [-0.25, -0.2) is 0 Å². The van der Waals surface area contributed by atoms with Crippen LogP contribution in [-0.4, -0.2) is 74.5 Å². The Balaban J connectivity index is 1.76. The average molecular weight is 256 g/mol. The lowest BCUT2D eigenvalue weighted by Crippen LogP contribution is -2.53. The molecule has 0 aliphatic carbocycles. The first kappa shape index (κ1) is 14.3. The van der Waals surface area contributed by atoms with E-state index in [0.717, 1.165) is 25.8 Å². The van der Waals surface area contributed by atoms with E-state index in [1.54, 1.807) is 7.11 Å². The molecule has 0 aromatic heterocycles. The Morgan fingerprint density at radius 1 is 1.22 bits per heavy atom. The molecule has 2 atom stereocenters. The fourth-order valence-corrected chi connectivity index (χ4v) is 3.13. The van der Waals surface area contributed by atoms with Gasteiger partial charge in [0.1, 0.15) is 0 Å². The summed E-state index contributed by atoms with van der Waals surface area (Å²) in [7, 11) is 1.78. The van der Waals surface area contributed by atoms with Gasteiger partial charge in [-0.2, -0.15) is 0 Å². The van der Waals surface area contributed by atoms with Gasteiger partial charge in [-0.15, -0.1) is 0 Å². The quantitative estimate of drug-likeness (QED) is 0.713. The van der Waals surface area contributed by atoms with E-state index in [1.807, 2.05) is 0 Å². The van der Waals surface area contributed by atoms with Gasteiger partial charge < -0.3 is 9.47 Å². The van der Waals surface area contributed by atoms with E-state index in [0.29, 0.717) is 12.1 Å². The SMILES string of the molecule is COCCN1CCN2C(COC(C)C)CCC2C1. The number of hydrogen-bond donors (Lipinski definition) is 0. The van der Waals surface area contributed by atoms with Crippen molar-refractivity contribution >= 4 is 0 Å². The zero-order chi connectivity index (χ0) is 13.0. The molecule has 0 saturated carbocycles. The first-order chi connectivity index (χ1) is 8.70. The summed E-state index contributed by atoms with van der Waals surface area (Å²) in [5.41, 5.74) is 0. The van der Waals surface area contributed by atoms with E-state index in [2.05, 4.69) is 23.6 Å². The Morgan fingerprint density at radius 3 is 2.78 bits per heavy atom. The molecule has 2 rings (SSSR count). The average Bonchev–Trinajstić information content (AvgIpc) is 2.76. The van der Waals surface area contributed by atoms with Crippen LogP contribution in [0.5, 0.6) is 0 Å². The molecule has 2 unspecified atom stereocenters. The molecule has 0 spiro atoms. The van der Waals surface area contributed by atoms with E-state index in [4.69, 9.17) is 9.47 Å². The van der Waals surface area contributed by atoms with Crippen molar-refractivity contribution in [2.24, 2.45) is 0 Å². The summed E-state index contributed by atoms with van der Waals surface area (Å²) in [5.74, 6) is 0. The van der Waals surface area contributed by atoms with Crippen molar-refractivity contribution in [2.75, 3.05) is 46.5 Å². The van der Waals surface area contributed by atoms with Crippen molar-refractivity contribution < 1.29 is 9.47 Å². The van der Waals surface area contributed by atoms with Gasteiger partial charge in [0.2, 0.25) is 0 Å². The van der Waals surface area contributed by atoms with Crippen LogP contribution in [-0.2, 0) is 9.47 Å². The minimum atomic E-state index is 0.354. The van der Waals surface area contributed by atoms with E-state index < -0.39 is 0 Å². The van der Waals surface area contributed by atoms with E-state index in [1.165, 1.54) is 32.5 Å². The Morgan fingerprint density at radius 2 is 2.06 bits per heavy atom. The third kappa shape index (κ3) is 3.67. The molecular weight excluding hydrogens is 228 g/mol. The Kier molecular flexibility index (Phi) is 5.42. The summed E-state index contributed by atoms with van der Waals surface area (Å²) < 4.78 is 11.0. The van der Waals surface area contributed by atoms with Crippen molar-refractivity contribution in [3.8, 4) is 0 Å². The maximum absolute atomic E-state index is 5.79. The van der Waals surface area contributed by atoms with Crippen LogP contribution < -0.4 is 0 Å². The van der Waals surface area contributed by atoms with Crippen LogP contribution in [0, 0.1) is 0 Å². The van der Waals surface area contributed by atoms with Gasteiger partial charge in [-0.05, 0) is 26.7 Å². The number of ether oxygens (including phenoxy) is 2. The van der Waals surface area contributed by atoms with Gasteiger partial charge in [-0.1, -0.05) is 0 Å². The van der Waals surface area contributed by atoms with Crippen LogP contribution in [0.4, 0.5) is 0 Å². The molecule has 0 bridgehead atoms. The minimum Gasteiger partial charge on any atom is -0.383 e. The highest BCUT2D eigenvalue weighted by Crippen LogP contribution is 2.27. The van der Waals surface area contributed by atoms with Gasteiger partial charge in [0, 0.05) is 45.4 Å². The third-order valence-corrected chi connectivity index (χ3v) is 4.15. The molecule has 106 valence electrons. The highest BCUT2D eigenvalue weighted by atomic mass is 16.5. The van der Waals surface area contributed by atoms with Crippen molar-refractivity contribution in [3.63, 3.8) is 0 Å². The fraction of sp³-hybridized carbons (Fsp3) is 1.00. The molecule has 0 aromatic carbocycles. The second-order valence-corrected chi connectivity index (χ2v) is 5.80. The number of methoxy groups -OCH3 is 1. The normalized spacial score (nSPS) is 30.0. The largest absolute Gasteiger partial charge is 0.383 e. The fourth-order valence-electron chi connectivity index (χ4n) is 3.13. The lowest BCUT2D eigenvalue weighted by molar-refractivity contribution is 0.00558. The topological polar surface area (TPSA) is 24.9 Å². The highest BCUT2D eigenvalue weighted by molar-refractivity contribution is 4.92. The Hall–Kier alpha value is -0.160. The Labute approximate surface area is 111 Å². The standard InChI is InChI=1S/C14H28N2O2/c1-12(2)18-11-14-5-4-13-10-15(8-9-17-3)6-7-16(13)14/h12-14H,4-11H2,1-3H3. The predicted octanol–water partition coefficient (Wildman–Crippen LogP) is 1.21. The predicted molar refractivity (Wildman–Crippen MR) is 72.9 cm³/mol. The van der Waals surface area contributed by atoms with Crippen LogP contribution in [0.3, 0.4) is 0 Å². The minimum absolute atomic E-state index is 0.354. The molecular formula is C14H28N2O2. The van der Waals surface area contributed by atoms with Crippen LogP contribution >= 0.6 is 0 Å². The van der Waals surface area contributed by atoms with Gasteiger partial charge in [0.05, 0.1) is 19.3 Å². The Bertz CT molecular complexity index is 248. The number of piperazine rings is 1. The van der Waals surface area contributed by atoms with Crippen LogP contribution in [0.1, 0.15) is 26.7 Å². The van der Waals surface area contributed by atoms with E-state index >= 15 is 0 Å². The molecule has 2 aliphatic heterocycles. The molecule has 0 aromatic rings. The number of hydrogen-bond acceptors (Lipinski definition) is 4. The van der Waals surface area contributed by atoms with Crippen molar-refractivity contribution in [1.82, 2.24) is 9.80 Å². The van der Waals surface area contributed by atoms with Gasteiger partial charge in [0.15, 0.2) is 0 Å². The second-order valence-electron chi connectivity index (χ2n) is 5.80. The maximum atomic E-state index is 5.79. The zero-order valence-corrected chi connectivity index (χ0v) is 12.1. The van der Waals surface area contributed by atoms with Gasteiger partial charge >= 0.3 is 0 Å². The summed E-state index contributed by atoms with van der Waals surface area (Å²) in [5, 5.41) is 0. The van der Waals surface area contributed by atoms with E-state index in [9.17, 15) is 0 Å². The van der Waals surface area contributed by atoms with Gasteiger partial charge in [0.25, 0.3) is 0 Å². The summed E-state index contributed by atoms with van der Waals surface area (Å²) in [4.78, 5) is 5.21. The maximum Gasteiger partial charge on any atom is 0.0625 e. The number of nitrogens with zero attached hydrogens (tertiary/aromatic N) is 2. The molecule has 18 heavy (non-hydrogen) atoms. The molecule has 4 heteroatoms. The number of rotatable bonds is 6. The molecule has 2 fully saturated rings. The van der Waals surface area contributed by atoms with Crippen LogP contribution in [0.15, 0.2) is 0 Å². The summed E-state index contributed by atoms with van der Waals surface area (Å²) in [6.45, 7) is 10.7. The summed E-state index contributed by atoms with van der Waals surface area (Å²) >= 11 is 0. The zero-order valence-electron chi connectivity index (χ0n) is 12.1. The van der Waals surface area contributed by atoms with Crippen LogP contribution in [0.25, 0.3) is 0 Å². The van der Waals surface area contributed by atoms with Gasteiger partial charge in [-0.3, -0.25) is 9.80 Å². The first-order valence-corrected chi connectivity index (χ1v) is 7.29. The molecule has 0 N–H and O–H groups in total. The number of fused-ring (bicyclic) bond motifs is 1. The molecule has 0 amide bonds. The summed E-state index contributed by atoms with van der Waals surface area (Å²) in [6, 6.07) is 1.40. The van der Waals surface area contributed by atoms with Crippen molar-refractivity contribution in [1.29, 1.82) is 0 Å². The second kappa shape index (κ2) is 6.85. The van der Waals surface area contributed by atoms with Crippen molar-refractivity contribution in [3.05, 3.63) is 0 Å². The lowest BCUT2D eigenvalue weighted by atomic mass is 10.1.